The highest BCUT2D eigenvalue weighted by Crippen LogP contribution is 2.38. The minimum atomic E-state index is -0.370. The SMILES string of the molecule is CC.COc1c(O)ccc(C(=O)/C=C/c2ccc(CCCCOPI)cc2)c1O. The van der Waals surface area contributed by atoms with Crippen LogP contribution in [0.5, 0.6) is 17.2 Å². The normalized spacial score (nSPS) is 10.9. The number of ketones is 1. The summed E-state index contributed by atoms with van der Waals surface area (Å²) < 4.78 is 10.3. The predicted octanol–water partition coefficient (Wildman–Crippen LogP) is 6.31. The number of carbonyl (C=O) groups is 1. The number of phenols is 2. The largest absolute Gasteiger partial charge is 0.504 e. The third-order valence-corrected chi connectivity index (χ3v) is 5.25. The summed E-state index contributed by atoms with van der Waals surface area (Å²) in [6.45, 7) is 5.32. The fraction of sp³-hybridized carbons (Fsp3) is 0.318. The zero-order chi connectivity index (χ0) is 21.6. The molecule has 0 radical (unpaired) electrons. The maximum Gasteiger partial charge on any atom is 0.203 e. The Hall–Kier alpha value is -1.63. The Balaban J connectivity index is 0.00000204. The highest BCUT2D eigenvalue weighted by atomic mass is 127. The van der Waals surface area contributed by atoms with Gasteiger partial charge in [0, 0.05) is 0 Å². The Labute approximate surface area is 187 Å². The van der Waals surface area contributed by atoms with Gasteiger partial charge in [-0.3, -0.25) is 4.79 Å². The van der Waals surface area contributed by atoms with E-state index in [1.54, 1.807) is 6.08 Å². The molecule has 0 saturated heterocycles. The zero-order valence-corrected chi connectivity index (χ0v) is 20.1. The summed E-state index contributed by atoms with van der Waals surface area (Å²) in [5.74, 6) is -1.06. The molecule has 0 saturated carbocycles. The summed E-state index contributed by atoms with van der Waals surface area (Å²) in [6.07, 6.45) is 6.21. The first-order valence-electron chi connectivity index (χ1n) is 9.44. The molecule has 1 atom stereocenters. The quantitative estimate of drug-likeness (QED) is 0.124. The van der Waals surface area contributed by atoms with Crippen LogP contribution in [0.15, 0.2) is 42.5 Å². The highest BCUT2D eigenvalue weighted by Gasteiger charge is 2.16. The molecule has 5 nitrogen and oxygen atoms in total. The van der Waals surface area contributed by atoms with E-state index in [0.29, 0.717) is 6.45 Å². The van der Waals surface area contributed by atoms with E-state index in [1.807, 2.05) is 38.1 Å². The third-order valence-electron chi connectivity index (χ3n) is 4.00. The summed E-state index contributed by atoms with van der Waals surface area (Å²) in [6, 6.07) is 10.7. The van der Waals surface area contributed by atoms with Gasteiger partial charge in [0.05, 0.1) is 25.7 Å². The maximum atomic E-state index is 12.3. The number of hydrogen-bond acceptors (Lipinski definition) is 5. The van der Waals surface area contributed by atoms with Gasteiger partial charge in [-0.15, -0.1) is 0 Å². The van der Waals surface area contributed by atoms with Crippen LogP contribution in [0.2, 0.25) is 0 Å². The van der Waals surface area contributed by atoms with Crippen LogP contribution in [0, 0.1) is 0 Å². The lowest BCUT2D eigenvalue weighted by atomic mass is 10.0. The second-order valence-corrected chi connectivity index (χ2v) is 7.60. The molecule has 0 aliphatic heterocycles. The van der Waals surface area contributed by atoms with E-state index in [-0.39, 0.29) is 28.6 Å². The highest BCUT2D eigenvalue weighted by molar-refractivity contribution is 14.2. The second kappa shape index (κ2) is 14.4. The van der Waals surface area contributed by atoms with Crippen molar-refractivity contribution < 1.29 is 24.3 Å². The third kappa shape index (κ3) is 8.33. The lowest BCUT2D eigenvalue weighted by Crippen LogP contribution is -1.97. The van der Waals surface area contributed by atoms with Gasteiger partial charge >= 0.3 is 0 Å². The number of unbranched alkanes of at least 4 members (excludes halogenated alkanes) is 1. The van der Waals surface area contributed by atoms with Gasteiger partial charge < -0.3 is 19.5 Å². The van der Waals surface area contributed by atoms with Crippen molar-refractivity contribution in [3.63, 3.8) is 0 Å². The van der Waals surface area contributed by atoms with E-state index < -0.39 is 0 Å². The second-order valence-electron chi connectivity index (χ2n) is 5.84. The number of ether oxygens (including phenoxy) is 1. The lowest BCUT2D eigenvalue weighted by molar-refractivity contribution is 0.104. The number of carbonyl (C=O) groups excluding carboxylic acids is 1. The average Bonchev–Trinajstić information content (AvgIpc) is 2.74. The van der Waals surface area contributed by atoms with E-state index >= 15 is 0 Å². The molecule has 0 amide bonds. The van der Waals surface area contributed by atoms with E-state index in [4.69, 9.17) is 9.26 Å². The number of rotatable bonds is 10. The summed E-state index contributed by atoms with van der Waals surface area (Å²) in [5, 5.41) is 19.7. The Morgan fingerprint density at radius 1 is 1.10 bits per heavy atom. The van der Waals surface area contributed by atoms with Crippen LogP contribution in [-0.2, 0) is 10.9 Å². The fourth-order valence-electron chi connectivity index (χ4n) is 2.56. The molecule has 29 heavy (non-hydrogen) atoms. The molecule has 1 unspecified atom stereocenters. The number of halogens is 1. The van der Waals surface area contributed by atoms with Crippen LogP contribution in [0.4, 0.5) is 0 Å². The maximum absolute atomic E-state index is 12.3. The van der Waals surface area contributed by atoms with Crippen molar-refractivity contribution in [3.8, 4) is 17.2 Å². The summed E-state index contributed by atoms with van der Waals surface area (Å²) in [7, 11) is 1.32. The van der Waals surface area contributed by atoms with Crippen LogP contribution >= 0.6 is 28.5 Å². The fourth-order valence-corrected chi connectivity index (χ4v) is 3.44. The van der Waals surface area contributed by atoms with Gasteiger partial charge in [-0.05, 0) is 70.6 Å². The van der Waals surface area contributed by atoms with Crippen molar-refractivity contribution in [3.05, 3.63) is 59.2 Å². The van der Waals surface area contributed by atoms with Crippen LogP contribution in [-0.4, -0.2) is 29.7 Å². The van der Waals surface area contributed by atoms with Gasteiger partial charge in [0.2, 0.25) is 5.75 Å². The molecule has 0 bridgehead atoms. The van der Waals surface area contributed by atoms with Crippen LogP contribution in [0.25, 0.3) is 6.08 Å². The Morgan fingerprint density at radius 2 is 1.79 bits per heavy atom. The first-order chi connectivity index (χ1) is 14.1. The van der Waals surface area contributed by atoms with Crippen molar-refractivity contribution in [2.45, 2.75) is 33.1 Å². The van der Waals surface area contributed by atoms with Crippen molar-refractivity contribution in [1.29, 1.82) is 0 Å². The molecule has 0 aliphatic rings. The minimum Gasteiger partial charge on any atom is -0.504 e. The molecular formula is C22H28IO5P. The van der Waals surface area contributed by atoms with Crippen molar-refractivity contribution in [2.24, 2.45) is 0 Å². The number of aromatic hydroxyl groups is 2. The molecule has 7 heteroatoms. The Kier molecular flexibility index (Phi) is 12.6. The molecule has 0 aliphatic carbocycles. The number of hydrogen-bond donors (Lipinski definition) is 2. The Bertz CT molecular complexity index is 791. The van der Waals surface area contributed by atoms with Crippen molar-refractivity contribution in [2.75, 3.05) is 13.7 Å². The van der Waals surface area contributed by atoms with Crippen LogP contribution in [0.1, 0.15) is 48.2 Å². The first kappa shape index (κ1) is 25.4. The molecule has 158 valence electrons. The number of allylic oxidation sites excluding steroid dienone is 1. The van der Waals surface area contributed by atoms with E-state index in [2.05, 4.69) is 22.0 Å². The minimum absolute atomic E-state index is 0.0758. The molecule has 2 aromatic rings. The average molecular weight is 530 g/mol. The van der Waals surface area contributed by atoms with Crippen molar-refractivity contribution in [1.82, 2.24) is 0 Å². The monoisotopic (exact) mass is 530 g/mol. The molecule has 2 rings (SSSR count). The topological polar surface area (TPSA) is 76.0 Å². The van der Waals surface area contributed by atoms with Crippen molar-refractivity contribution >= 4 is 40.4 Å². The first-order valence-corrected chi connectivity index (χ1v) is 13.5. The zero-order valence-electron chi connectivity index (χ0n) is 16.9. The van der Waals surface area contributed by atoms with Gasteiger partial charge in [0.1, 0.15) is 0 Å². The smallest absolute Gasteiger partial charge is 0.203 e. The lowest BCUT2D eigenvalue weighted by Gasteiger charge is -2.08. The van der Waals surface area contributed by atoms with Gasteiger partial charge in [0.15, 0.2) is 17.3 Å². The standard InChI is InChI=1S/C20H22IO5P.C2H6/c1-25-20-18(23)12-10-16(19(20)24)17(22)11-9-15-7-5-14(6-8-15)4-2-3-13-26-27-21;1-2/h5-12,23-24,27H,2-4,13H2,1H3;1-2H3/b11-9+;. The van der Waals surface area contributed by atoms with Gasteiger partial charge in [-0.1, -0.05) is 44.2 Å². The van der Waals surface area contributed by atoms with Gasteiger partial charge in [-0.2, -0.15) is 0 Å². The van der Waals surface area contributed by atoms with E-state index in [9.17, 15) is 15.0 Å². The molecule has 0 heterocycles. The van der Waals surface area contributed by atoms with Gasteiger partial charge in [-0.25, -0.2) is 0 Å². The summed E-state index contributed by atoms with van der Waals surface area (Å²) in [4.78, 5) is 12.3. The molecule has 2 aromatic carbocycles. The predicted molar refractivity (Wildman–Crippen MR) is 129 cm³/mol. The van der Waals surface area contributed by atoms with Crippen LogP contribution in [0.3, 0.4) is 0 Å². The number of methoxy groups -OCH3 is 1. The van der Waals surface area contributed by atoms with E-state index in [1.165, 1.54) is 30.9 Å². The molecule has 2 N–H and O–H groups in total. The Morgan fingerprint density at radius 3 is 2.41 bits per heavy atom. The summed E-state index contributed by atoms with van der Waals surface area (Å²) in [5.41, 5.74) is 2.22. The number of aryl methyl sites for hydroxylation is 1. The molecule has 0 spiro atoms. The van der Waals surface area contributed by atoms with E-state index in [0.717, 1.165) is 31.4 Å². The molecule has 0 aromatic heterocycles. The molecular weight excluding hydrogens is 502 g/mol. The van der Waals surface area contributed by atoms with Gasteiger partial charge in [0.25, 0.3) is 0 Å². The van der Waals surface area contributed by atoms with Crippen LogP contribution < -0.4 is 4.74 Å². The summed E-state index contributed by atoms with van der Waals surface area (Å²) >= 11 is 2.22. The molecule has 0 fully saturated rings. The number of benzene rings is 2. The number of phenolic OH excluding ortho intramolecular Hbond substituents is 2.